The van der Waals surface area contributed by atoms with Crippen molar-refractivity contribution < 1.29 is 24.2 Å². The van der Waals surface area contributed by atoms with Gasteiger partial charge in [0.15, 0.2) is 5.78 Å². The first kappa shape index (κ1) is 19.4. The minimum Gasteiger partial charge on any atom is -0.491 e. The van der Waals surface area contributed by atoms with Crippen LogP contribution in [0.25, 0.3) is 0 Å². The number of hydrogen-bond donors (Lipinski definition) is 2. The molecule has 2 N–H and O–H groups in total. The zero-order chi connectivity index (χ0) is 19.6. The van der Waals surface area contributed by atoms with Gasteiger partial charge >= 0.3 is 6.03 Å². The van der Waals surface area contributed by atoms with Gasteiger partial charge in [-0.1, -0.05) is 19.1 Å². The van der Waals surface area contributed by atoms with Crippen LogP contribution in [0.2, 0.25) is 0 Å². The molecule has 1 saturated carbocycles. The van der Waals surface area contributed by atoms with Gasteiger partial charge < -0.3 is 15.2 Å². The lowest BCUT2D eigenvalue weighted by Gasteiger charge is -2.33. The molecule has 1 atom stereocenters. The lowest BCUT2D eigenvalue weighted by atomic mass is 9.77. The summed E-state index contributed by atoms with van der Waals surface area (Å²) in [5.74, 6) is 0.681. The van der Waals surface area contributed by atoms with E-state index in [0.717, 1.165) is 17.7 Å². The van der Waals surface area contributed by atoms with Crippen LogP contribution in [0.3, 0.4) is 0 Å². The second-order valence-corrected chi connectivity index (χ2v) is 7.66. The molecule has 1 aliphatic carbocycles. The Hall–Kier alpha value is -2.41. The van der Waals surface area contributed by atoms with Crippen LogP contribution in [0.5, 0.6) is 5.75 Å². The van der Waals surface area contributed by atoms with Crippen molar-refractivity contribution in [2.24, 2.45) is 5.92 Å². The fraction of sp³-hybridized carbons (Fsp3) is 0.550. The van der Waals surface area contributed by atoms with Crippen LogP contribution < -0.4 is 10.1 Å². The van der Waals surface area contributed by atoms with E-state index >= 15 is 0 Å². The van der Waals surface area contributed by atoms with Crippen LogP contribution in [0.1, 0.15) is 49.9 Å². The number of imide groups is 1. The predicted octanol–water partition coefficient (Wildman–Crippen LogP) is 2.13. The first-order valence-corrected chi connectivity index (χ1v) is 9.37. The van der Waals surface area contributed by atoms with Gasteiger partial charge in [0, 0.05) is 5.56 Å². The summed E-state index contributed by atoms with van der Waals surface area (Å²) in [6.07, 6.45) is 2.06. The number of aliphatic hydroxyl groups excluding tert-OH is 1. The fourth-order valence-electron chi connectivity index (χ4n) is 3.70. The molecule has 1 aromatic carbocycles. The van der Waals surface area contributed by atoms with E-state index in [1.165, 1.54) is 6.92 Å². The Balaban J connectivity index is 1.57. The lowest BCUT2D eigenvalue weighted by molar-refractivity contribution is -0.133. The Morgan fingerprint density at radius 1 is 1.37 bits per heavy atom. The van der Waals surface area contributed by atoms with E-state index in [-0.39, 0.29) is 24.8 Å². The number of hydrogen-bond acceptors (Lipinski definition) is 5. The van der Waals surface area contributed by atoms with E-state index in [0.29, 0.717) is 30.1 Å². The van der Waals surface area contributed by atoms with Crippen molar-refractivity contribution in [3.8, 4) is 5.75 Å². The number of urea groups is 1. The van der Waals surface area contributed by atoms with Gasteiger partial charge in [0.2, 0.25) is 0 Å². The van der Waals surface area contributed by atoms with Crippen LogP contribution in [-0.2, 0) is 4.79 Å². The molecule has 0 aromatic heterocycles. The zero-order valence-electron chi connectivity index (χ0n) is 15.7. The summed E-state index contributed by atoms with van der Waals surface area (Å²) in [6.45, 7) is 3.41. The third kappa shape index (κ3) is 4.13. The van der Waals surface area contributed by atoms with Crippen LogP contribution in [0.4, 0.5) is 4.79 Å². The Morgan fingerprint density at radius 3 is 2.74 bits per heavy atom. The maximum absolute atomic E-state index is 12.8. The van der Waals surface area contributed by atoms with Crippen molar-refractivity contribution in [2.75, 3.05) is 13.2 Å². The highest BCUT2D eigenvalue weighted by molar-refractivity contribution is 6.07. The Kier molecular flexibility index (Phi) is 5.51. The van der Waals surface area contributed by atoms with Gasteiger partial charge in [0.25, 0.3) is 5.91 Å². The molecular weight excluding hydrogens is 348 g/mol. The average molecular weight is 374 g/mol. The predicted molar refractivity (Wildman–Crippen MR) is 98.6 cm³/mol. The number of Topliss-reactive ketones (excluding diaryl/α,β-unsaturated/α-hetero) is 1. The molecule has 1 aromatic rings. The highest BCUT2D eigenvalue weighted by Gasteiger charge is 2.52. The number of β-amino-alcohol motifs (C(OH)–C–C–N with tert-alkyl or cyclic N) is 1. The highest BCUT2D eigenvalue weighted by Crippen LogP contribution is 2.36. The monoisotopic (exact) mass is 374 g/mol. The van der Waals surface area contributed by atoms with E-state index in [4.69, 9.17) is 4.74 Å². The molecule has 1 spiro atoms. The molecule has 7 heteroatoms. The third-order valence-electron chi connectivity index (χ3n) is 5.45. The summed E-state index contributed by atoms with van der Waals surface area (Å²) >= 11 is 0. The van der Waals surface area contributed by atoms with Crippen molar-refractivity contribution in [1.29, 1.82) is 0 Å². The van der Waals surface area contributed by atoms with Gasteiger partial charge in [-0.3, -0.25) is 14.5 Å². The van der Waals surface area contributed by atoms with Crippen LogP contribution >= 0.6 is 0 Å². The molecule has 146 valence electrons. The van der Waals surface area contributed by atoms with E-state index in [1.807, 2.05) is 0 Å². The Morgan fingerprint density at radius 2 is 2.07 bits per heavy atom. The molecule has 2 fully saturated rings. The van der Waals surface area contributed by atoms with Gasteiger partial charge in [-0.15, -0.1) is 0 Å². The van der Waals surface area contributed by atoms with Crippen molar-refractivity contribution in [3.63, 3.8) is 0 Å². The Bertz CT molecular complexity index is 740. The minimum atomic E-state index is -1.02. The SMILES string of the molecule is CC(=O)c1cccc(OC[C@H](O)CN2C(=O)NC3(CCC(C)CC3)C2=O)c1. The number of rotatable bonds is 6. The maximum atomic E-state index is 12.8. The van der Waals surface area contributed by atoms with E-state index in [9.17, 15) is 19.5 Å². The number of ketones is 1. The third-order valence-corrected chi connectivity index (χ3v) is 5.45. The van der Waals surface area contributed by atoms with Crippen LogP contribution in [-0.4, -0.2) is 52.5 Å². The molecule has 27 heavy (non-hydrogen) atoms. The van der Waals surface area contributed by atoms with Gasteiger partial charge in [-0.05, 0) is 50.7 Å². The van der Waals surface area contributed by atoms with Crippen molar-refractivity contribution in [2.45, 2.75) is 51.2 Å². The van der Waals surface area contributed by atoms with Crippen molar-refractivity contribution in [1.82, 2.24) is 10.2 Å². The number of amides is 3. The summed E-state index contributed by atoms with van der Waals surface area (Å²) < 4.78 is 5.52. The zero-order valence-corrected chi connectivity index (χ0v) is 15.7. The van der Waals surface area contributed by atoms with Gasteiger partial charge in [0.1, 0.15) is 24.0 Å². The second kappa shape index (κ2) is 7.68. The normalized spacial score (nSPS) is 26.2. The number of carbonyl (C=O) groups excluding carboxylic acids is 3. The molecule has 1 aliphatic heterocycles. The first-order chi connectivity index (χ1) is 12.8. The summed E-state index contributed by atoms with van der Waals surface area (Å²) in [5.41, 5.74) is -0.287. The molecule has 7 nitrogen and oxygen atoms in total. The van der Waals surface area contributed by atoms with E-state index in [1.54, 1.807) is 24.3 Å². The topological polar surface area (TPSA) is 95.9 Å². The molecule has 2 aliphatic rings. The summed E-state index contributed by atoms with van der Waals surface area (Å²) in [6, 6.07) is 6.21. The molecule has 1 saturated heterocycles. The summed E-state index contributed by atoms with van der Waals surface area (Å²) in [4.78, 5) is 37.6. The fourth-order valence-corrected chi connectivity index (χ4v) is 3.70. The lowest BCUT2D eigenvalue weighted by Crippen LogP contribution is -2.49. The quantitative estimate of drug-likeness (QED) is 0.587. The van der Waals surface area contributed by atoms with Crippen molar-refractivity contribution >= 4 is 17.7 Å². The molecule has 3 rings (SSSR count). The van der Waals surface area contributed by atoms with Crippen molar-refractivity contribution in [3.05, 3.63) is 29.8 Å². The summed E-state index contributed by atoms with van der Waals surface area (Å²) in [5, 5.41) is 13.1. The number of aliphatic hydroxyl groups is 1. The number of ether oxygens (including phenoxy) is 1. The number of benzene rings is 1. The smallest absolute Gasteiger partial charge is 0.325 e. The average Bonchev–Trinajstić information content (AvgIpc) is 2.87. The molecule has 0 unspecified atom stereocenters. The standard InChI is InChI=1S/C20H26N2O5/c1-13-6-8-20(9-7-13)18(25)22(19(26)21-20)11-16(24)12-27-17-5-3-4-15(10-17)14(2)23/h3-5,10,13,16,24H,6-9,11-12H2,1-2H3,(H,21,26)/t13?,16-,20?/m1/s1. The van der Waals surface area contributed by atoms with E-state index in [2.05, 4.69) is 12.2 Å². The minimum absolute atomic E-state index is 0.0765. The molecule has 0 bridgehead atoms. The van der Waals surface area contributed by atoms with Gasteiger partial charge in [-0.2, -0.15) is 0 Å². The number of nitrogens with one attached hydrogen (secondary N) is 1. The maximum Gasteiger partial charge on any atom is 0.325 e. The van der Waals surface area contributed by atoms with Crippen LogP contribution in [0.15, 0.2) is 24.3 Å². The van der Waals surface area contributed by atoms with E-state index < -0.39 is 17.7 Å². The molecule has 0 radical (unpaired) electrons. The largest absolute Gasteiger partial charge is 0.491 e. The molecule has 3 amide bonds. The number of nitrogens with zero attached hydrogens (tertiary/aromatic N) is 1. The highest BCUT2D eigenvalue weighted by atomic mass is 16.5. The van der Waals surface area contributed by atoms with Crippen LogP contribution in [0, 0.1) is 5.92 Å². The molecular formula is C20H26N2O5. The molecule has 1 heterocycles. The number of carbonyl (C=O) groups is 3. The Labute approximate surface area is 158 Å². The summed E-state index contributed by atoms with van der Waals surface area (Å²) in [7, 11) is 0. The van der Waals surface area contributed by atoms with Gasteiger partial charge in [0.05, 0.1) is 6.54 Å². The first-order valence-electron chi connectivity index (χ1n) is 9.37. The van der Waals surface area contributed by atoms with Gasteiger partial charge in [-0.25, -0.2) is 4.79 Å². The second-order valence-electron chi connectivity index (χ2n) is 7.66.